The van der Waals surface area contributed by atoms with Crippen LogP contribution in [0.3, 0.4) is 0 Å². The van der Waals surface area contributed by atoms with E-state index in [0.29, 0.717) is 6.54 Å². The molecule has 1 heterocycles. The highest BCUT2D eigenvalue weighted by Crippen LogP contribution is 2.14. The van der Waals surface area contributed by atoms with E-state index >= 15 is 0 Å². The summed E-state index contributed by atoms with van der Waals surface area (Å²) in [7, 11) is 0. The Bertz CT molecular complexity index is 298. The van der Waals surface area contributed by atoms with Crippen molar-refractivity contribution in [1.82, 2.24) is 10.3 Å². The molecular weight excluding hydrogens is 200 g/mol. The molecule has 0 fully saturated rings. The molecular formula is C13H22N2O. The van der Waals surface area contributed by atoms with Crippen LogP contribution in [0.15, 0.2) is 24.5 Å². The van der Waals surface area contributed by atoms with Gasteiger partial charge in [0.15, 0.2) is 0 Å². The fraction of sp³-hybridized carbons (Fsp3) is 0.615. The van der Waals surface area contributed by atoms with Crippen LogP contribution in [0.1, 0.15) is 45.2 Å². The third-order valence-corrected chi connectivity index (χ3v) is 2.76. The van der Waals surface area contributed by atoms with Crippen LogP contribution >= 0.6 is 0 Å². The molecule has 0 bridgehead atoms. The second kappa shape index (κ2) is 5.97. The van der Waals surface area contributed by atoms with Crippen molar-refractivity contribution in [2.24, 2.45) is 0 Å². The maximum atomic E-state index is 10.0. The lowest BCUT2D eigenvalue weighted by atomic mass is 10.00. The Morgan fingerprint density at radius 2 is 2.31 bits per heavy atom. The van der Waals surface area contributed by atoms with E-state index in [0.717, 1.165) is 18.4 Å². The van der Waals surface area contributed by atoms with E-state index in [-0.39, 0.29) is 6.04 Å². The molecule has 0 aliphatic rings. The van der Waals surface area contributed by atoms with E-state index < -0.39 is 5.60 Å². The van der Waals surface area contributed by atoms with Crippen molar-refractivity contribution in [3.8, 4) is 0 Å². The molecule has 0 spiro atoms. The predicted octanol–water partition coefficient (Wildman–Crippen LogP) is 2.28. The second-order valence-corrected chi connectivity index (χ2v) is 4.64. The van der Waals surface area contributed by atoms with Gasteiger partial charge in [0.1, 0.15) is 0 Å². The Hall–Kier alpha value is -0.930. The minimum Gasteiger partial charge on any atom is -0.389 e. The number of aromatic nitrogens is 1. The van der Waals surface area contributed by atoms with Gasteiger partial charge in [-0.1, -0.05) is 19.4 Å². The number of pyridine rings is 1. The highest BCUT2D eigenvalue weighted by atomic mass is 16.3. The summed E-state index contributed by atoms with van der Waals surface area (Å²) in [5, 5.41) is 13.4. The van der Waals surface area contributed by atoms with Crippen LogP contribution in [-0.2, 0) is 0 Å². The predicted molar refractivity (Wildman–Crippen MR) is 66.2 cm³/mol. The summed E-state index contributed by atoms with van der Waals surface area (Å²) < 4.78 is 0. The summed E-state index contributed by atoms with van der Waals surface area (Å²) in [6.45, 7) is 6.65. The molecule has 2 atom stereocenters. The van der Waals surface area contributed by atoms with Gasteiger partial charge in [-0.3, -0.25) is 4.98 Å². The Balaban J connectivity index is 2.44. The van der Waals surface area contributed by atoms with Gasteiger partial charge in [-0.15, -0.1) is 0 Å². The van der Waals surface area contributed by atoms with Crippen molar-refractivity contribution in [1.29, 1.82) is 0 Å². The molecule has 0 saturated carbocycles. The van der Waals surface area contributed by atoms with Gasteiger partial charge in [0, 0.05) is 25.0 Å². The monoisotopic (exact) mass is 222 g/mol. The first-order valence-electron chi connectivity index (χ1n) is 5.91. The van der Waals surface area contributed by atoms with Crippen molar-refractivity contribution in [3.05, 3.63) is 30.1 Å². The molecule has 2 unspecified atom stereocenters. The molecule has 1 aromatic rings. The second-order valence-electron chi connectivity index (χ2n) is 4.64. The first kappa shape index (κ1) is 13.1. The summed E-state index contributed by atoms with van der Waals surface area (Å²) >= 11 is 0. The van der Waals surface area contributed by atoms with E-state index in [9.17, 15) is 5.11 Å². The van der Waals surface area contributed by atoms with E-state index in [4.69, 9.17) is 0 Å². The van der Waals surface area contributed by atoms with Crippen LogP contribution in [-0.4, -0.2) is 22.2 Å². The quantitative estimate of drug-likeness (QED) is 0.776. The maximum absolute atomic E-state index is 10.0. The highest BCUT2D eigenvalue weighted by molar-refractivity contribution is 5.12. The van der Waals surface area contributed by atoms with Gasteiger partial charge >= 0.3 is 0 Å². The van der Waals surface area contributed by atoms with Crippen molar-refractivity contribution in [3.63, 3.8) is 0 Å². The van der Waals surface area contributed by atoms with Crippen LogP contribution in [0.25, 0.3) is 0 Å². The van der Waals surface area contributed by atoms with E-state index in [1.54, 1.807) is 6.20 Å². The van der Waals surface area contributed by atoms with Crippen molar-refractivity contribution >= 4 is 0 Å². The molecule has 0 aliphatic heterocycles. The fourth-order valence-electron chi connectivity index (χ4n) is 1.75. The average molecular weight is 222 g/mol. The topological polar surface area (TPSA) is 45.1 Å². The molecule has 0 amide bonds. The maximum Gasteiger partial charge on any atom is 0.0743 e. The lowest BCUT2D eigenvalue weighted by Gasteiger charge is -2.25. The van der Waals surface area contributed by atoms with Gasteiger partial charge in [-0.05, 0) is 31.9 Å². The number of rotatable bonds is 6. The Morgan fingerprint density at radius 1 is 1.56 bits per heavy atom. The van der Waals surface area contributed by atoms with E-state index in [1.165, 1.54) is 0 Å². The lowest BCUT2D eigenvalue weighted by molar-refractivity contribution is 0.0476. The first-order valence-corrected chi connectivity index (χ1v) is 5.91. The van der Waals surface area contributed by atoms with Gasteiger partial charge in [0.25, 0.3) is 0 Å². The number of nitrogens with zero attached hydrogens (tertiary/aromatic N) is 1. The number of hydrogen-bond donors (Lipinski definition) is 2. The molecule has 16 heavy (non-hydrogen) atoms. The van der Waals surface area contributed by atoms with Gasteiger partial charge in [0.05, 0.1) is 5.60 Å². The zero-order valence-electron chi connectivity index (χ0n) is 10.4. The Labute approximate surface area is 97.9 Å². The molecule has 2 N–H and O–H groups in total. The van der Waals surface area contributed by atoms with Crippen LogP contribution in [0.5, 0.6) is 0 Å². The van der Waals surface area contributed by atoms with Crippen LogP contribution in [0, 0.1) is 0 Å². The van der Waals surface area contributed by atoms with E-state index in [1.807, 2.05) is 25.3 Å². The molecule has 3 heteroatoms. The molecule has 3 nitrogen and oxygen atoms in total. The number of hydrogen-bond acceptors (Lipinski definition) is 3. The van der Waals surface area contributed by atoms with Crippen LogP contribution in [0.2, 0.25) is 0 Å². The zero-order valence-corrected chi connectivity index (χ0v) is 10.4. The molecule has 1 aromatic heterocycles. The molecule has 1 rings (SSSR count). The minimum absolute atomic E-state index is 0.219. The van der Waals surface area contributed by atoms with Crippen LogP contribution in [0.4, 0.5) is 0 Å². The minimum atomic E-state index is -0.620. The summed E-state index contributed by atoms with van der Waals surface area (Å²) in [5.41, 5.74) is 0.528. The largest absolute Gasteiger partial charge is 0.389 e. The standard InChI is InChI=1S/C13H22N2O/c1-4-7-13(3,16)10-15-11(2)12-6-5-8-14-9-12/h5-6,8-9,11,15-16H,4,7,10H2,1-3H3. The summed E-state index contributed by atoms with van der Waals surface area (Å²) in [4.78, 5) is 4.08. The van der Waals surface area contributed by atoms with E-state index in [2.05, 4.69) is 24.1 Å². The SMILES string of the molecule is CCCC(C)(O)CNC(C)c1cccnc1. The average Bonchev–Trinajstić information content (AvgIpc) is 2.27. The lowest BCUT2D eigenvalue weighted by Crippen LogP contribution is -2.38. The molecule has 0 aromatic carbocycles. The van der Waals surface area contributed by atoms with Crippen molar-refractivity contribution < 1.29 is 5.11 Å². The summed E-state index contributed by atoms with van der Waals surface area (Å²) in [6.07, 6.45) is 5.44. The van der Waals surface area contributed by atoms with Gasteiger partial charge in [0.2, 0.25) is 0 Å². The summed E-state index contributed by atoms with van der Waals surface area (Å²) in [6, 6.07) is 4.19. The molecule has 90 valence electrons. The Morgan fingerprint density at radius 3 is 2.88 bits per heavy atom. The molecule has 0 saturated heterocycles. The fourth-order valence-corrected chi connectivity index (χ4v) is 1.75. The van der Waals surface area contributed by atoms with Crippen molar-refractivity contribution in [2.45, 2.75) is 45.3 Å². The number of aliphatic hydroxyl groups is 1. The smallest absolute Gasteiger partial charge is 0.0743 e. The number of nitrogens with one attached hydrogen (secondary N) is 1. The van der Waals surface area contributed by atoms with Gasteiger partial charge in [-0.25, -0.2) is 0 Å². The highest BCUT2D eigenvalue weighted by Gasteiger charge is 2.19. The van der Waals surface area contributed by atoms with Crippen molar-refractivity contribution in [2.75, 3.05) is 6.54 Å². The molecule has 0 aliphatic carbocycles. The third-order valence-electron chi connectivity index (χ3n) is 2.76. The van der Waals surface area contributed by atoms with Gasteiger partial charge < -0.3 is 10.4 Å². The first-order chi connectivity index (χ1) is 7.55. The summed E-state index contributed by atoms with van der Waals surface area (Å²) in [5.74, 6) is 0. The third kappa shape index (κ3) is 4.29. The normalized spacial score (nSPS) is 16.8. The molecule has 0 radical (unpaired) electrons. The Kier molecular flexibility index (Phi) is 4.90. The zero-order chi connectivity index (χ0) is 12.0. The van der Waals surface area contributed by atoms with Crippen LogP contribution < -0.4 is 5.32 Å². The van der Waals surface area contributed by atoms with Gasteiger partial charge in [-0.2, -0.15) is 0 Å².